The summed E-state index contributed by atoms with van der Waals surface area (Å²) < 4.78 is 47.0. The normalized spacial score (nSPS) is 23.6. The fourth-order valence-corrected chi connectivity index (χ4v) is 4.61. The number of halogens is 3. The van der Waals surface area contributed by atoms with Gasteiger partial charge in [0, 0.05) is 23.9 Å². The average Bonchev–Trinajstić information content (AvgIpc) is 2.74. The highest BCUT2D eigenvalue weighted by molar-refractivity contribution is 6.03. The molecule has 3 atom stereocenters. The SMILES string of the molecule is Cc1ccc(C)c([C@@H]2C[C@](C)(C(F)(F)F)OC[C@H]2c2cc(=O)c3c(C(N)=O)nccc3[nH]2)c1. The number of aromatic amines is 1. The molecule has 1 aliphatic rings. The first kappa shape index (κ1) is 23.0. The van der Waals surface area contributed by atoms with Gasteiger partial charge in [-0.2, -0.15) is 13.2 Å². The highest BCUT2D eigenvalue weighted by Crippen LogP contribution is 2.50. The lowest BCUT2D eigenvalue weighted by Crippen LogP contribution is -2.51. The Morgan fingerprint density at radius 1 is 1.21 bits per heavy atom. The first-order valence-electron chi connectivity index (χ1n) is 10.5. The molecule has 0 radical (unpaired) electrons. The minimum Gasteiger partial charge on any atom is -0.365 e. The van der Waals surface area contributed by atoms with Crippen LogP contribution in [0.1, 0.15) is 58.1 Å². The van der Waals surface area contributed by atoms with Crippen molar-refractivity contribution in [1.29, 1.82) is 0 Å². The molecular formula is C24H24F3N3O3. The number of nitrogens with zero attached hydrogens (tertiary/aromatic N) is 1. The molecule has 1 fully saturated rings. The van der Waals surface area contributed by atoms with E-state index in [-0.39, 0.29) is 24.1 Å². The van der Waals surface area contributed by atoms with Crippen LogP contribution in [0.2, 0.25) is 0 Å². The molecular weight excluding hydrogens is 435 g/mol. The van der Waals surface area contributed by atoms with Crippen LogP contribution in [0.4, 0.5) is 13.2 Å². The second kappa shape index (κ2) is 7.98. The number of hydrogen-bond acceptors (Lipinski definition) is 4. The van der Waals surface area contributed by atoms with Gasteiger partial charge in [0.05, 0.1) is 17.5 Å². The number of rotatable bonds is 3. The molecule has 1 amide bonds. The molecule has 4 rings (SSSR count). The summed E-state index contributed by atoms with van der Waals surface area (Å²) in [4.78, 5) is 31.7. The molecule has 33 heavy (non-hydrogen) atoms. The van der Waals surface area contributed by atoms with Crippen molar-refractivity contribution in [1.82, 2.24) is 9.97 Å². The van der Waals surface area contributed by atoms with Gasteiger partial charge < -0.3 is 15.5 Å². The van der Waals surface area contributed by atoms with E-state index < -0.39 is 34.9 Å². The molecule has 6 nitrogen and oxygen atoms in total. The van der Waals surface area contributed by atoms with Gasteiger partial charge in [0.1, 0.15) is 5.69 Å². The maximum absolute atomic E-state index is 13.9. The van der Waals surface area contributed by atoms with Crippen molar-refractivity contribution in [2.75, 3.05) is 6.61 Å². The summed E-state index contributed by atoms with van der Waals surface area (Å²) in [7, 11) is 0. The third kappa shape index (κ3) is 4.01. The molecule has 9 heteroatoms. The van der Waals surface area contributed by atoms with Crippen LogP contribution in [-0.2, 0) is 4.74 Å². The fraction of sp³-hybridized carbons (Fsp3) is 0.375. The van der Waals surface area contributed by atoms with Crippen LogP contribution < -0.4 is 11.2 Å². The van der Waals surface area contributed by atoms with Crippen molar-refractivity contribution in [3.63, 3.8) is 0 Å². The van der Waals surface area contributed by atoms with E-state index in [0.29, 0.717) is 11.2 Å². The summed E-state index contributed by atoms with van der Waals surface area (Å²) in [6.07, 6.45) is -3.50. The Hall–Kier alpha value is -3.20. The maximum Gasteiger partial charge on any atom is 0.417 e. The number of aryl methyl sites for hydroxylation is 2. The first-order valence-corrected chi connectivity index (χ1v) is 10.5. The van der Waals surface area contributed by atoms with Crippen LogP contribution in [0.15, 0.2) is 41.3 Å². The van der Waals surface area contributed by atoms with Gasteiger partial charge in [0.25, 0.3) is 5.91 Å². The molecule has 3 N–H and O–H groups in total. The molecule has 2 aromatic heterocycles. The zero-order chi connectivity index (χ0) is 24.1. The predicted molar refractivity (Wildman–Crippen MR) is 117 cm³/mol. The van der Waals surface area contributed by atoms with E-state index >= 15 is 0 Å². The number of H-pyrrole nitrogens is 1. The largest absolute Gasteiger partial charge is 0.417 e. The number of nitrogens with one attached hydrogen (secondary N) is 1. The Morgan fingerprint density at radius 2 is 1.94 bits per heavy atom. The van der Waals surface area contributed by atoms with Crippen molar-refractivity contribution in [3.8, 4) is 0 Å². The zero-order valence-corrected chi connectivity index (χ0v) is 18.4. The number of fused-ring (bicyclic) bond motifs is 1. The molecule has 1 aromatic carbocycles. The molecule has 3 aromatic rings. The standard InChI is InChI=1S/C24H24F3N3O3/c1-12-4-5-13(2)14(8-12)15-10-23(3,24(25,26)27)33-11-16(15)18-9-19(31)20-17(30-18)6-7-29-21(20)22(28)32/h4-9,15-16H,10-11H2,1-3H3,(H2,28,32)(H,30,31)/t15-,16+,23+/m0/s1. The molecule has 174 valence electrons. The number of primary amides is 1. The van der Waals surface area contributed by atoms with E-state index in [1.807, 2.05) is 32.0 Å². The molecule has 0 saturated carbocycles. The molecule has 0 aliphatic carbocycles. The first-order chi connectivity index (χ1) is 15.4. The summed E-state index contributed by atoms with van der Waals surface area (Å²) in [5, 5.41) is 0.0499. The van der Waals surface area contributed by atoms with Crippen molar-refractivity contribution in [3.05, 3.63) is 74.8 Å². The van der Waals surface area contributed by atoms with E-state index in [1.165, 1.54) is 18.3 Å². The van der Waals surface area contributed by atoms with Crippen LogP contribution in [0.25, 0.3) is 10.9 Å². The number of carbonyl (C=O) groups excluding carboxylic acids is 1. The topological polar surface area (TPSA) is 98.1 Å². The highest BCUT2D eigenvalue weighted by atomic mass is 19.4. The number of aromatic nitrogens is 2. The summed E-state index contributed by atoms with van der Waals surface area (Å²) >= 11 is 0. The van der Waals surface area contributed by atoms with Gasteiger partial charge in [-0.15, -0.1) is 0 Å². The van der Waals surface area contributed by atoms with Crippen molar-refractivity contribution < 1.29 is 22.7 Å². The number of pyridine rings is 2. The predicted octanol–water partition coefficient (Wildman–Crippen LogP) is 4.25. The molecule has 1 saturated heterocycles. The molecule has 0 spiro atoms. The van der Waals surface area contributed by atoms with E-state index in [1.54, 1.807) is 0 Å². The van der Waals surface area contributed by atoms with Crippen molar-refractivity contribution >= 4 is 16.8 Å². The quantitative estimate of drug-likeness (QED) is 0.612. The molecule has 0 unspecified atom stereocenters. The monoisotopic (exact) mass is 459 g/mol. The molecule has 3 heterocycles. The van der Waals surface area contributed by atoms with Crippen LogP contribution in [0.5, 0.6) is 0 Å². The number of nitrogens with two attached hydrogens (primary N) is 1. The minimum absolute atomic E-state index is 0.0499. The fourth-order valence-electron chi connectivity index (χ4n) is 4.61. The number of benzene rings is 1. The highest BCUT2D eigenvalue weighted by Gasteiger charge is 2.57. The van der Waals surface area contributed by atoms with Gasteiger partial charge in [0.15, 0.2) is 11.0 Å². The Balaban J connectivity index is 1.88. The van der Waals surface area contributed by atoms with Crippen molar-refractivity contribution in [2.24, 2.45) is 5.73 Å². The summed E-state index contributed by atoms with van der Waals surface area (Å²) in [5.41, 5.74) is 5.75. The number of ether oxygens (including phenoxy) is 1. The lowest BCUT2D eigenvalue weighted by atomic mass is 9.73. The van der Waals surface area contributed by atoms with E-state index in [9.17, 15) is 22.8 Å². The zero-order valence-electron chi connectivity index (χ0n) is 18.4. The van der Waals surface area contributed by atoms with Gasteiger partial charge in [-0.05, 0) is 50.3 Å². The number of amides is 1. The van der Waals surface area contributed by atoms with Gasteiger partial charge in [0.2, 0.25) is 0 Å². The number of hydrogen-bond donors (Lipinski definition) is 2. The number of carbonyl (C=O) groups is 1. The lowest BCUT2D eigenvalue weighted by Gasteiger charge is -2.44. The molecule has 0 bridgehead atoms. The van der Waals surface area contributed by atoms with E-state index in [0.717, 1.165) is 23.6 Å². The van der Waals surface area contributed by atoms with Crippen LogP contribution in [0.3, 0.4) is 0 Å². The third-order valence-electron chi connectivity index (χ3n) is 6.51. The molecule has 1 aliphatic heterocycles. The maximum atomic E-state index is 13.9. The Kier molecular flexibility index (Phi) is 5.56. The summed E-state index contributed by atoms with van der Waals surface area (Å²) in [6, 6.07) is 8.52. The van der Waals surface area contributed by atoms with Crippen molar-refractivity contribution in [2.45, 2.75) is 50.8 Å². The Bertz CT molecular complexity index is 1300. The van der Waals surface area contributed by atoms with Gasteiger partial charge in [-0.25, -0.2) is 0 Å². The average molecular weight is 459 g/mol. The Labute approximate surface area is 188 Å². The third-order valence-corrected chi connectivity index (χ3v) is 6.51. The van der Waals surface area contributed by atoms with Gasteiger partial charge >= 0.3 is 6.18 Å². The number of alkyl halides is 3. The second-order valence-electron chi connectivity index (χ2n) is 8.85. The smallest absolute Gasteiger partial charge is 0.365 e. The Morgan fingerprint density at radius 3 is 2.61 bits per heavy atom. The van der Waals surface area contributed by atoms with Crippen LogP contribution in [-0.4, -0.2) is 34.3 Å². The van der Waals surface area contributed by atoms with Crippen LogP contribution >= 0.6 is 0 Å². The van der Waals surface area contributed by atoms with Crippen LogP contribution in [0, 0.1) is 13.8 Å². The van der Waals surface area contributed by atoms with E-state index in [4.69, 9.17) is 10.5 Å². The summed E-state index contributed by atoms with van der Waals surface area (Å²) in [5.74, 6) is -1.94. The minimum atomic E-state index is -4.55. The second-order valence-corrected chi connectivity index (χ2v) is 8.85. The van der Waals surface area contributed by atoms with Gasteiger partial charge in [-0.1, -0.05) is 23.8 Å². The van der Waals surface area contributed by atoms with E-state index in [2.05, 4.69) is 9.97 Å². The van der Waals surface area contributed by atoms with Gasteiger partial charge in [-0.3, -0.25) is 14.6 Å². The summed E-state index contributed by atoms with van der Waals surface area (Å²) in [6.45, 7) is 4.58. The lowest BCUT2D eigenvalue weighted by molar-refractivity contribution is -0.286.